The van der Waals surface area contributed by atoms with Crippen LogP contribution in [-0.2, 0) is 4.79 Å². The van der Waals surface area contributed by atoms with Crippen LogP contribution in [0.3, 0.4) is 0 Å². The average molecular weight is 340 g/mol. The van der Waals surface area contributed by atoms with Crippen molar-refractivity contribution in [2.75, 3.05) is 6.61 Å². The van der Waals surface area contributed by atoms with Gasteiger partial charge in [0.2, 0.25) is 0 Å². The van der Waals surface area contributed by atoms with Gasteiger partial charge in [-0.25, -0.2) is 0 Å². The zero-order valence-electron chi connectivity index (χ0n) is 13.3. The summed E-state index contributed by atoms with van der Waals surface area (Å²) in [6.45, 7) is 1.86. The molecule has 0 bridgehead atoms. The van der Waals surface area contributed by atoms with Gasteiger partial charge in [-0.3, -0.25) is 4.79 Å². The Hall–Kier alpha value is -2.52. The number of carbonyl (C=O) groups excluding carboxylic acids is 1. The molecule has 0 aliphatic carbocycles. The predicted molar refractivity (Wildman–Crippen MR) is 97.5 cm³/mol. The highest BCUT2D eigenvalue weighted by Gasteiger charge is 2.12. The molecular formula is C20H18ClNO2. The number of amides is 1. The van der Waals surface area contributed by atoms with E-state index in [-0.39, 0.29) is 18.6 Å². The van der Waals surface area contributed by atoms with E-state index in [4.69, 9.17) is 16.3 Å². The van der Waals surface area contributed by atoms with Crippen LogP contribution in [-0.4, -0.2) is 12.5 Å². The Morgan fingerprint density at radius 3 is 2.54 bits per heavy atom. The van der Waals surface area contributed by atoms with Gasteiger partial charge in [0, 0.05) is 5.02 Å². The predicted octanol–water partition coefficient (Wildman–Crippen LogP) is 4.75. The first-order valence-corrected chi connectivity index (χ1v) is 8.16. The summed E-state index contributed by atoms with van der Waals surface area (Å²) >= 11 is 6.15. The molecule has 3 aromatic rings. The van der Waals surface area contributed by atoms with Crippen molar-refractivity contribution in [3.8, 4) is 5.75 Å². The van der Waals surface area contributed by atoms with E-state index in [1.54, 1.807) is 0 Å². The van der Waals surface area contributed by atoms with E-state index in [9.17, 15) is 4.79 Å². The fourth-order valence-corrected chi connectivity index (χ4v) is 2.89. The Labute approximate surface area is 146 Å². The summed E-state index contributed by atoms with van der Waals surface area (Å²) in [7, 11) is 0. The van der Waals surface area contributed by atoms with Gasteiger partial charge in [-0.15, -0.1) is 0 Å². The lowest BCUT2D eigenvalue weighted by Crippen LogP contribution is -2.31. The summed E-state index contributed by atoms with van der Waals surface area (Å²) in [5.41, 5.74) is 0.887. The molecule has 0 saturated carbocycles. The zero-order valence-corrected chi connectivity index (χ0v) is 14.1. The second kappa shape index (κ2) is 7.37. The number of fused-ring (bicyclic) bond motifs is 1. The third-order valence-corrected chi connectivity index (χ3v) is 4.18. The number of halogens is 1. The maximum Gasteiger partial charge on any atom is 0.258 e. The number of carbonyl (C=O) groups is 1. The van der Waals surface area contributed by atoms with Gasteiger partial charge in [0.1, 0.15) is 5.75 Å². The molecule has 1 amide bonds. The minimum absolute atomic E-state index is 0.0346. The lowest BCUT2D eigenvalue weighted by atomic mass is 10.1. The molecule has 1 N–H and O–H groups in total. The Morgan fingerprint density at radius 2 is 1.75 bits per heavy atom. The van der Waals surface area contributed by atoms with Crippen LogP contribution in [0.1, 0.15) is 18.5 Å². The Morgan fingerprint density at radius 1 is 1.04 bits per heavy atom. The number of rotatable bonds is 5. The maximum atomic E-state index is 12.1. The normalized spacial score (nSPS) is 11.9. The smallest absolute Gasteiger partial charge is 0.258 e. The molecule has 1 atom stereocenters. The molecule has 0 saturated heterocycles. The topological polar surface area (TPSA) is 38.3 Å². The molecule has 24 heavy (non-hydrogen) atoms. The minimum atomic E-state index is -0.185. The van der Waals surface area contributed by atoms with Gasteiger partial charge in [0.05, 0.1) is 6.04 Å². The van der Waals surface area contributed by atoms with Crippen molar-refractivity contribution in [2.45, 2.75) is 13.0 Å². The Balaban J connectivity index is 1.59. The molecule has 0 radical (unpaired) electrons. The third kappa shape index (κ3) is 3.87. The summed E-state index contributed by atoms with van der Waals surface area (Å²) < 4.78 is 5.60. The lowest BCUT2D eigenvalue weighted by molar-refractivity contribution is -0.123. The molecule has 3 aromatic carbocycles. The standard InChI is InChI=1S/C20H18ClNO2/c1-14(18-8-4-5-9-19(18)21)22-20(23)13-24-17-11-10-15-6-2-3-7-16(15)12-17/h2-12,14H,13H2,1H3,(H,22,23). The summed E-state index contributed by atoms with van der Waals surface area (Å²) in [5.74, 6) is 0.491. The number of hydrogen-bond acceptors (Lipinski definition) is 2. The number of ether oxygens (including phenoxy) is 1. The Kier molecular flexibility index (Phi) is 5.02. The van der Waals surface area contributed by atoms with Crippen LogP contribution >= 0.6 is 11.6 Å². The summed E-state index contributed by atoms with van der Waals surface area (Å²) in [6, 6.07) is 21.1. The van der Waals surface area contributed by atoms with Crippen LogP contribution in [0, 0.1) is 0 Å². The highest BCUT2D eigenvalue weighted by atomic mass is 35.5. The molecule has 0 fully saturated rings. The van der Waals surface area contributed by atoms with Gasteiger partial charge in [-0.2, -0.15) is 0 Å². The first-order valence-electron chi connectivity index (χ1n) is 7.79. The van der Waals surface area contributed by atoms with E-state index in [0.29, 0.717) is 10.8 Å². The minimum Gasteiger partial charge on any atom is -0.484 e. The molecule has 0 spiro atoms. The van der Waals surface area contributed by atoms with Crippen LogP contribution in [0.4, 0.5) is 0 Å². The van der Waals surface area contributed by atoms with Crippen molar-refractivity contribution in [1.29, 1.82) is 0 Å². The van der Waals surface area contributed by atoms with Crippen molar-refractivity contribution < 1.29 is 9.53 Å². The molecule has 3 rings (SSSR count). The molecule has 1 unspecified atom stereocenters. The fraction of sp³-hybridized carbons (Fsp3) is 0.150. The van der Waals surface area contributed by atoms with Gasteiger partial charge in [-0.05, 0) is 41.5 Å². The Bertz CT molecular complexity index is 863. The van der Waals surface area contributed by atoms with E-state index in [0.717, 1.165) is 16.3 Å². The molecule has 0 aliphatic rings. The molecule has 122 valence electrons. The maximum absolute atomic E-state index is 12.1. The quantitative estimate of drug-likeness (QED) is 0.728. The highest BCUT2D eigenvalue weighted by molar-refractivity contribution is 6.31. The van der Waals surface area contributed by atoms with Gasteiger partial charge < -0.3 is 10.1 Å². The van der Waals surface area contributed by atoms with Gasteiger partial charge in [0.15, 0.2) is 6.61 Å². The van der Waals surface area contributed by atoms with Crippen LogP contribution < -0.4 is 10.1 Å². The summed E-state index contributed by atoms with van der Waals surface area (Å²) in [6.07, 6.45) is 0. The van der Waals surface area contributed by atoms with E-state index < -0.39 is 0 Å². The number of hydrogen-bond donors (Lipinski definition) is 1. The summed E-state index contributed by atoms with van der Waals surface area (Å²) in [4.78, 5) is 12.1. The highest BCUT2D eigenvalue weighted by Crippen LogP contribution is 2.22. The van der Waals surface area contributed by atoms with Crippen molar-refractivity contribution in [3.63, 3.8) is 0 Å². The van der Waals surface area contributed by atoms with Gasteiger partial charge in [0.25, 0.3) is 5.91 Å². The van der Waals surface area contributed by atoms with Crippen molar-refractivity contribution in [3.05, 3.63) is 77.3 Å². The molecule has 0 aliphatic heterocycles. The van der Waals surface area contributed by atoms with Crippen molar-refractivity contribution in [1.82, 2.24) is 5.32 Å². The van der Waals surface area contributed by atoms with Crippen LogP contribution in [0.25, 0.3) is 10.8 Å². The molecule has 0 heterocycles. The van der Waals surface area contributed by atoms with Crippen molar-refractivity contribution >= 4 is 28.3 Å². The van der Waals surface area contributed by atoms with E-state index >= 15 is 0 Å². The number of benzene rings is 3. The van der Waals surface area contributed by atoms with E-state index in [2.05, 4.69) is 5.32 Å². The first kappa shape index (κ1) is 16.3. The second-order valence-corrected chi connectivity index (χ2v) is 6.02. The first-order chi connectivity index (χ1) is 11.6. The molecule has 0 aromatic heterocycles. The summed E-state index contributed by atoms with van der Waals surface area (Å²) in [5, 5.41) is 5.76. The monoisotopic (exact) mass is 339 g/mol. The van der Waals surface area contributed by atoms with Crippen LogP contribution in [0.15, 0.2) is 66.7 Å². The largest absolute Gasteiger partial charge is 0.484 e. The van der Waals surface area contributed by atoms with Gasteiger partial charge in [-0.1, -0.05) is 60.1 Å². The molecule has 4 heteroatoms. The molecule has 3 nitrogen and oxygen atoms in total. The van der Waals surface area contributed by atoms with Gasteiger partial charge >= 0.3 is 0 Å². The van der Waals surface area contributed by atoms with Crippen LogP contribution in [0.5, 0.6) is 5.75 Å². The van der Waals surface area contributed by atoms with E-state index in [1.165, 1.54) is 0 Å². The zero-order chi connectivity index (χ0) is 16.9. The average Bonchev–Trinajstić information content (AvgIpc) is 2.60. The SMILES string of the molecule is CC(NC(=O)COc1ccc2ccccc2c1)c1ccccc1Cl. The second-order valence-electron chi connectivity index (χ2n) is 5.61. The third-order valence-electron chi connectivity index (χ3n) is 3.84. The van der Waals surface area contributed by atoms with Crippen LogP contribution in [0.2, 0.25) is 5.02 Å². The number of nitrogens with one attached hydrogen (secondary N) is 1. The van der Waals surface area contributed by atoms with Crippen molar-refractivity contribution in [2.24, 2.45) is 0 Å². The van der Waals surface area contributed by atoms with E-state index in [1.807, 2.05) is 73.7 Å². The molecular weight excluding hydrogens is 322 g/mol. The lowest BCUT2D eigenvalue weighted by Gasteiger charge is -2.16. The fourth-order valence-electron chi connectivity index (χ4n) is 2.59.